The summed E-state index contributed by atoms with van der Waals surface area (Å²) in [5, 5.41) is 3.22. The quantitative estimate of drug-likeness (QED) is 0.503. The second kappa shape index (κ2) is 2.35. The molecule has 2 saturated heterocycles. The van der Waals surface area contributed by atoms with Crippen LogP contribution in [0, 0.1) is 0 Å². The van der Waals surface area contributed by atoms with Crippen LogP contribution in [0.1, 0.15) is 0 Å². The maximum Gasteiger partial charge on any atom is 0.153 e. The van der Waals surface area contributed by atoms with E-state index in [9.17, 15) is 8.42 Å². The lowest BCUT2D eigenvalue weighted by Crippen LogP contribution is -2.37. The largest absolute Gasteiger partial charge is 0.307 e. The predicted molar refractivity (Wildman–Crippen MR) is 44.9 cm³/mol. The van der Waals surface area contributed by atoms with E-state index in [4.69, 9.17) is 5.73 Å². The van der Waals surface area contributed by atoms with Gasteiger partial charge >= 0.3 is 0 Å². The van der Waals surface area contributed by atoms with Gasteiger partial charge in [0.05, 0.1) is 11.5 Å². The lowest BCUT2D eigenvalue weighted by Gasteiger charge is -2.04. The second-order valence-electron chi connectivity index (χ2n) is 2.95. The van der Waals surface area contributed by atoms with Crippen LogP contribution < -0.4 is 11.1 Å². The number of sulfone groups is 1. The average molecular weight is 194 g/mol. The number of rotatable bonds is 0. The Labute approximate surface area is 69.8 Å². The number of nitrogens with one attached hydrogen (secondary N) is 1. The second-order valence-corrected chi connectivity index (χ2v) is 6.48. The minimum atomic E-state index is -2.77. The normalized spacial score (nSPS) is 47.5. The van der Waals surface area contributed by atoms with Crippen LogP contribution in [0.3, 0.4) is 0 Å². The fourth-order valence-corrected chi connectivity index (χ4v) is 5.34. The van der Waals surface area contributed by atoms with Crippen molar-refractivity contribution in [3.63, 3.8) is 0 Å². The zero-order valence-electron chi connectivity index (χ0n) is 5.86. The predicted octanol–water partition coefficient (Wildman–Crippen LogP) is -1.27. The van der Waals surface area contributed by atoms with Gasteiger partial charge < -0.3 is 5.73 Å². The first kappa shape index (κ1) is 7.85. The Morgan fingerprint density at radius 1 is 1.45 bits per heavy atom. The van der Waals surface area contributed by atoms with Crippen LogP contribution in [0.2, 0.25) is 0 Å². The average Bonchev–Trinajstić information content (AvgIpc) is 2.17. The molecule has 0 bridgehead atoms. The Morgan fingerprint density at radius 2 is 2.18 bits per heavy atom. The van der Waals surface area contributed by atoms with Crippen LogP contribution in [-0.4, -0.2) is 36.7 Å². The molecule has 0 saturated carbocycles. The molecule has 2 aliphatic rings. The maximum atomic E-state index is 11.1. The van der Waals surface area contributed by atoms with Crippen molar-refractivity contribution < 1.29 is 8.42 Å². The van der Waals surface area contributed by atoms with Crippen molar-refractivity contribution in [1.82, 2.24) is 5.32 Å². The van der Waals surface area contributed by atoms with Gasteiger partial charge in [-0.05, 0) is 0 Å². The first-order valence-electron chi connectivity index (χ1n) is 3.44. The summed E-state index contributed by atoms with van der Waals surface area (Å²) in [7, 11) is -2.77. The molecule has 0 amide bonds. The lowest BCUT2D eigenvalue weighted by atomic mass is 10.3. The Kier molecular flexibility index (Phi) is 1.68. The molecular weight excluding hydrogens is 184 g/mol. The monoisotopic (exact) mass is 194 g/mol. The molecule has 4 nitrogen and oxygen atoms in total. The van der Waals surface area contributed by atoms with Crippen LogP contribution in [0.15, 0.2) is 0 Å². The molecule has 0 radical (unpaired) electrons. The molecular formula is C5H10N2O2S2. The molecule has 11 heavy (non-hydrogen) atoms. The highest BCUT2D eigenvalue weighted by atomic mass is 32.2. The van der Waals surface area contributed by atoms with Gasteiger partial charge in [-0.1, -0.05) is 0 Å². The van der Waals surface area contributed by atoms with E-state index in [2.05, 4.69) is 5.32 Å². The minimum absolute atomic E-state index is 0.0690. The summed E-state index contributed by atoms with van der Waals surface area (Å²) in [6.45, 7) is 0. The van der Waals surface area contributed by atoms with Crippen molar-refractivity contribution in [3.05, 3.63) is 0 Å². The lowest BCUT2D eigenvalue weighted by molar-refractivity contribution is 0.580. The van der Waals surface area contributed by atoms with Gasteiger partial charge in [-0.2, -0.15) is 0 Å². The SMILES string of the molecule is NC1N[C@H]2CS(=O)(=O)C[C@H]2S1. The summed E-state index contributed by atoms with van der Waals surface area (Å²) >= 11 is 1.53. The molecule has 0 spiro atoms. The standard InChI is InChI=1S/C5H10N2O2S2/c6-5-7-3-1-11(8,9)2-4(3)10-5/h3-5,7H,1-2,6H2/t3-,4+,5?/m0/s1. The highest BCUT2D eigenvalue weighted by molar-refractivity contribution is 8.02. The molecule has 0 aromatic carbocycles. The van der Waals surface area contributed by atoms with Crippen LogP contribution >= 0.6 is 11.8 Å². The van der Waals surface area contributed by atoms with Crippen LogP contribution in [0.4, 0.5) is 0 Å². The van der Waals surface area contributed by atoms with E-state index < -0.39 is 9.84 Å². The molecule has 3 atom stereocenters. The smallest absolute Gasteiger partial charge is 0.153 e. The zero-order valence-corrected chi connectivity index (χ0v) is 7.49. The van der Waals surface area contributed by atoms with Crippen molar-refractivity contribution in [2.24, 2.45) is 5.73 Å². The van der Waals surface area contributed by atoms with E-state index in [1.165, 1.54) is 11.8 Å². The number of hydrogen-bond donors (Lipinski definition) is 2. The molecule has 0 aromatic rings. The molecule has 2 fully saturated rings. The summed E-state index contributed by atoms with van der Waals surface area (Å²) in [6, 6.07) is 0.0972. The van der Waals surface area contributed by atoms with Gasteiger partial charge in [0.25, 0.3) is 0 Å². The van der Waals surface area contributed by atoms with Crippen LogP contribution in [-0.2, 0) is 9.84 Å². The number of thioether (sulfide) groups is 1. The minimum Gasteiger partial charge on any atom is -0.307 e. The topological polar surface area (TPSA) is 72.2 Å². The Bertz CT molecular complexity index is 244. The number of hydrogen-bond acceptors (Lipinski definition) is 5. The van der Waals surface area contributed by atoms with Crippen molar-refractivity contribution in [1.29, 1.82) is 0 Å². The highest BCUT2D eigenvalue weighted by Gasteiger charge is 2.43. The molecule has 0 aliphatic carbocycles. The van der Waals surface area contributed by atoms with E-state index >= 15 is 0 Å². The Balaban J connectivity index is 2.16. The van der Waals surface area contributed by atoms with Crippen molar-refractivity contribution in [3.8, 4) is 0 Å². The summed E-state index contributed by atoms with van der Waals surface area (Å²) in [5.41, 5.74) is 5.50. The molecule has 2 aliphatic heterocycles. The van der Waals surface area contributed by atoms with Gasteiger partial charge in [-0.15, -0.1) is 11.8 Å². The van der Waals surface area contributed by atoms with Gasteiger partial charge in [-0.25, -0.2) is 8.42 Å². The van der Waals surface area contributed by atoms with Gasteiger partial charge in [-0.3, -0.25) is 5.32 Å². The van der Waals surface area contributed by atoms with E-state index in [0.717, 1.165) is 0 Å². The number of fused-ring (bicyclic) bond motifs is 1. The van der Waals surface area contributed by atoms with Crippen molar-refractivity contribution in [2.75, 3.05) is 11.5 Å². The Hall–Kier alpha value is 0.220. The first-order chi connectivity index (χ1) is 5.07. The Morgan fingerprint density at radius 3 is 2.82 bits per heavy atom. The van der Waals surface area contributed by atoms with Crippen LogP contribution in [0.25, 0.3) is 0 Å². The molecule has 2 rings (SSSR count). The number of nitrogens with two attached hydrogens (primary N) is 1. The summed E-state index contributed by atoms with van der Waals surface area (Å²) < 4.78 is 22.1. The highest BCUT2D eigenvalue weighted by Crippen LogP contribution is 2.31. The zero-order chi connectivity index (χ0) is 8.06. The molecule has 2 heterocycles. The van der Waals surface area contributed by atoms with Gasteiger partial charge in [0.15, 0.2) is 9.84 Å². The third-order valence-electron chi connectivity index (χ3n) is 2.00. The van der Waals surface area contributed by atoms with Gasteiger partial charge in [0.2, 0.25) is 0 Å². The molecule has 6 heteroatoms. The van der Waals surface area contributed by atoms with E-state index in [1.54, 1.807) is 0 Å². The molecule has 0 aromatic heterocycles. The van der Waals surface area contributed by atoms with Crippen molar-refractivity contribution >= 4 is 21.6 Å². The van der Waals surface area contributed by atoms with Gasteiger partial charge in [0.1, 0.15) is 5.50 Å². The summed E-state index contributed by atoms with van der Waals surface area (Å²) in [4.78, 5) is 0. The van der Waals surface area contributed by atoms with E-state index in [-0.39, 0.29) is 22.5 Å². The van der Waals surface area contributed by atoms with E-state index in [1.807, 2.05) is 0 Å². The summed E-state index contributed by atoms with van der Waals surface area (Å²) in [6.07, 6.45) is 0. The summed E-state index contributed by atoms with van der Waals surface area (Å²) in [5.74, 6) is 0.557. The molecule has 64 valence electrons. The van der Waals surface area contributed by atoms with Gasteiger partial charge in [0, 0.05) is 11.3 Å². The molecule has 1 unspecified atom stereocenters. The fraction of sp³-hybridized carbons (Fsp3) is 1.00. The fourth-order valence-electron chi connectivity index (χ4n) is 1.54. The van der Waals surface area contributed by atoms with Crippen molar-refractivity contribution in [2.45, 2.75) is 16.8 Å². The first-order valence-corrected chi connectivity index (χ1v) is 6.21. The third-order valence-corrected chi connectivity index (χ3v) is 5.22. The maximum absolute atomic E-state index is 11.1. The molecule has 3 N–H and O–H groups in total. The third kappa shape index (κ3) is 1.40. The van der Waals surface area contributed by atoms with E-state index in [0.29, 0.717) is 5.75 Å². The van der Waals surface area contributed by atoms with Crippen LogP contribution in [0.5, 0.6) is 0 Å².